The van der Waals surface area contributed by atoms with Gasteiger partial charge in [0.05, 0.1) is 25.9 Å². The van der Waals surface area contributed by atoms with Gasteiger partial charge in [0.1, 0.15) is 61.0 Å². The fourth-order valence-corrected chi connectivity index (χ4v) is 4.04. The van der Waals surface area contributed by atoms with Crippen molar-refractivity contribution in [1.82, 2.24) is 0 Å². The maximum Gasteiger partial charge on any atom is 0.187 e. The molecule has 0 aromatic carbocycles. The molecular formula is C21H41NO16. The Bertz CT molecular complexity index is 679. The van der Waals surface area contributed by atoms with Gasteiger partial charge in [-0.1, -0.05) is 6.92 Å². The van der Waals surface area contributed by atoms with Crippen LogP contribution in [0.2, 0.25) is 0 Å². The lowest BCUT2D eigenvalue weighted by Crippen LogP contribution is -2.66. The third-order valence-corrected chi connectivity index (χ3v) is 6.50. The Kier molecular flexibility index (Phi) is 13.5. The normalized spacial score (nSPS) is 40.3. The van der Waals surface area contributed by atoms with Crippen molar-refractivity contribution in [3.8, 4) is 0 Å². The van der Waals surface area contributed by atoms with E-state index in [1.54, 1.807) is 0 Å². The van der Waals surface area contributed by atoms with Crippen LogP contribution in [0.5, 0.6) is 0 Å². The van der Waals surface area contributed by atoms with Gasteiger partial charge in [-0.3, -0.25) is 0 Å². The molecule has 226 valence electrons. The Labute approximate surface area is 218 Å². The lowest BCUT2D eigenvalue weighted by molar-refractivity contribution is -0.382. The van der Waals surface area contributed by atoms with E-state index in [2.05, 4.69) is 0 Å². The van der Waals surface area contributed by atoms with E-state index in [0.717, 1.165) is 0 Å². The molecule has 2 rings (SSSR count). The molecule has 38 heavy (non-hydrogen) atoms. The number of ether oxygens (including phenoxy) is 5. The molecule has 0 aromatic heterocycles. The van der Waals surface area contributed by atoms with Crippen molar-refractivity contribution in [2.24, 2.45) is 11.7 Å². The summed E-state index contributed by atoms with van der Waals surface area (Å²) in [5.74, 6) is -0.897. The summed E-state index contributed by atoms with van der Waals surface area (Å²) in [6, 6.07) is 0. The van der Waals surface area contributed by atoms with Gasteiger partial charge in [0, 0.05) is 19.1 Å². The van der Waals surface area contributed by atoms with Crippen LogP contribution in [0.15, 0.2) is 0 Å². The minimum Gasteiger partial charge on any atom is -0.396 e. The average molecular weight is 564 g/mol. The van der Waals surface area contributed by atoms with E-state index >= 15 is 0 Å². The van der Waals surface area contributed by atoms with Crippen LogP contribution < -0.4 is 5.73 Å². The number of hydrogen-bond acceptors (Lipinski definition) is 17. The molecule has 0 aromatic rings. The molecule has 0 bridgehead atoms. The summed E-state index contributed by atoms with van der Waals surface area (Å²) >= 11 is 0. The average Bonchev–Trinajstić information content (AvgIpc) is 2.92. The van der Waals surface area contributed by atoms with Crippen molar-refractivity contribution in [2.45, 2.75) is 92.9 Å². The van der Waals surface area contributed by atoms with Gasteiger partial charge < -0.3 is 85.6 Å². The van der Waals surface area contributed by atoms with Gasteiger partial charge in [-0.25, -0.2) is 0 Å². The lowest BCUT2D eigenvalue weighted by atomic mass is 9.96. The first-order valence-corrected chi connectivity index (χ1v) is 12.1. The van der Waals surface area contributed by atoms with Gasteiger partial charge in [0.2, 0.25) is 0 Å². The standard InChI is InChI=1S/C21H41NO16/c1-7(4-23)10(26)13(29)16(32)19(33)37-18-15(31)12(28)9(6-25)36-21(18)38-17-14(30)11(27)8(5-24)35-20(17)34-3-2-22/h7-21,23-33H,2-6,22H2,1H3. The predicted octanol–water partition coefficient (Wildman–Crippen LogP) is -7.36. The molecule has 0 spiro atoms. The van der Waals surface area contributed by atoms with Crippen molar-refractivity contribution in [3.63, 3.8) is 0 Å². The number of nitrogens with two attached hydrogens (primary N) is 1. The van der Waals surface area contributed by atoms with Gasteiger partial charge in [-0.2, -0.15) is 0 Å². The molecule has 13 N–H and O–H groups in total. The summed E-state index contributed by atoms with van der Waals surface area (Å²) in [5, 5.41) is 111. The molecule has 0 amide bonds. The first-order chi connectivity index (χ1) is 17.9. The quantitative estimate of drug-likeness (QED) is 0.0873. The predicted molar refractivity (Wildman–Crippen MR) is 121 cm³/mol. The summed E-state index contributed by atoms with van der Waals surface area (Å²) in [6.45, 7) is -0.780. The first-order valence-electron chi connectivity index (χ1n) is 12.1. The Morgan fingerprint density at radius 1 is 0.737 bits per heavy atom. The monoisotopic (exact) mass is 563 g/mol. The van der Waals surface area contributed by atoms with Crippen LogP contribution >= 0.6 is 0 Å². The maximum atomic E-state index is 10.6. The zero-order valence-corrected chi connectivity index (χ0v) is 20.7. The molecule has 17 nitrogen and oxygen atoms in total. The Morgan fingerprint density at radius 3 is 1.76 bits per heavy atom. The second kappa shape index (κ2) is 15.4. The second-order valence-electron chi connectivity index (χ2n) is 9.30. The molecule has 0 radical (unpaired) electrons. The molecule has 2 saturated heterocycles. The lowest BCUT2D eigenvalue weighted by Gasteiger charge is -2.47. The van der Waals surface area contributed by atoms with Gasteiger partial charge >= 0.3 is 0 Å². The Morgan fingerprint density at radius 2 is 1.26 bits per heavy atom. The third kappa shape index (κ3) is 7.74. The van der Waals surface area contributed by atoms with Crippen LogP contribution in [0.4, 0.5) is 0 Å². The molecule has 17 heteroatoms. The molecule has 0 saturated carbocycles. The highest BCUT2D eigenvalue weighted by Gasteiger charge is 2.52. The number of aliphatic hydroxyl groups excluding tert-OH is 11. The highest BCUT2D eigenvalue weighted by atomic mass is 16.8. The molecule has 2 aliphatic rings. The Balaban J connectivity index is 2.28. The van der Waals surface area contributed by atoms with Gasteiger partial charge in [0.15, 0.2) is 18.9 Å². The van der Waals surface area contributed by atoms with E-state index in [1.807, 2.05) is 0 Å². The number of aliphatic hydroxyl groups is 11. The largest absolute Gasteiger partial charge is 0.396 e. The molecular weight excluding hydrogens is 522 g/mol. The van der Waals surface area contributed by atoms with Crippen LogP contribution in [0.25, 0.3) is 0 Å². The van der Waals surface area contributed by atoms with Crippen molar-refractivity contribution in [1.29, 1.82) is 0 Å². The molecule has 2 aliphatic heterocycles. The van der Waals surface area contributed by atoms with Crippen LogP contribution in [0, 0.1) is 5.92 Å². The van der Waals surface area contributed by atoms with E-state index in [4.69, 9.17) is 34.5 Å². The number of rotatable bonds is 14. The summed E-state index contributed by atoms with van der Waals surface area (Å²) in [7, 11) is 0. The zero-order chi connectivity index (χ0) is 28.7. The van der Waals surface area contributed by atoms with Gasteiger partial charge in [-0.15, -0.1) is 0 Å². The smallest absolute Gasteiger partial charge is 0.187 e. The fraction of sp³-hybridized carbons (Fsp3) is 1.00. The van der Waals surface area contributed by atoms with Crippen molar-refractivity contribution < 1.29 is 79.9 Å². The van der Waals surface area contributed by atoms with Gasteiger partial charge in [0.25, 0.3) is 0 Å². The summed E-state index contributed by atoms with van der Waals surface area (Å²) in [4.78, 5) is 0. The number of hydrogen-bond donors (Lipinski definition) is 12. The van der Waals surface area contributed by atoms with Crippen LogP contribution in [-0.2, 0) is 23.7 Å². The van der Waals surface area contributed by atoms with E-state index < -0.39 is 112 Å². The van der Waals surface area contributed by atoms with E-state index in [0.29, 0.717) is 0 Å². The van der Waals surface area contributed by atoms with Crippen LogP contribution in [0.3, 0.4) is 0 Å². The van der Waals surface area contributed by atoms with E-state index in [1.165, 1.54) is 6.92 Å². The summed E-state index contributed by atoms with van der Waals surface area (Å²) in [5.41, 5.74) is 5.43. The third-order valence-electron chi connectivity index (χ3n) is 6.50. The Hall–Kier alpha value is -0.680. The second-order valence-corrected chi connectivity index (χ2v) is 9.30. The molecule has 2 heterocycles. The molecule has 0 aliphatic carbocycles. The topological polar surface area (TPSA) is 295 Å². The van der Waals surface area contributed by atoms with Crippen LogP contribution in [-0.4, -0.2) is 175 Å². The fourth-order valence-electron chi connectivity index (χ4n) is 4.04. The SMILES string of the molecule is CC(CO)C(O)C(O)C(O)C(O)OC1C(OC2C(OCCN)OC(CO)C(O)C2O)OC(CO)C(O)C1O. The summed E-state index contributed by atoms with van der Waals surface area (Å²) in [6.07, 6.45) is -24.8. The van der Waals surface area contributed by atoms with Crippen molar-refractivity contribution >= 4 is 0 Å². The zero-order valence-electron chi connectivity index (χ0n) is 20.7. The molecule has 2 fully saturated rings. The van der Waals surface area contributed by atoms with Crippen molar-refractivity contribution in [3.05, 3.63) is 0 Å². The molecule has 15 unspecified atom stereocenters. The maximum absolute atomic E-state index is 10.6. The van der Waals surface area contributed by atoms with E-state index in [9.17, 15) is 51.1 Å². The van der Waals surface area contributed by atoms with E-state index in [-0.39, 0.29) is 13.2 Å². The van der Waals surface area contributed by atoms with Crippen LogP contribution in [0.1, 0.15) is 6.92 Å². The van der Waals surface area contributed by atoms with Crippen molar-refractivity contribution in [2.75, 3.05) is 33.0 Å². The molecule has 15 atom stereocenters. The minimum atomic E-state index is -2.32. The highest BCUT2D eigenvalue weighted by molar-refractivity contribution is 4.95. The first kappa shape index (κ1) is 33.5. The summed E-state index contributed by atoms with van der Waals surface area (Å²) < 4.78 is 27.2. The highest BCUT2D eigenvalue weighted by Crippen LogP contribution is 2.31. The van der Waals surface area contributed by atoms with Gasteiger partial charge in [-0.05, 0) is 0 Å². The minimum absolute atomic E-state index is 0.0192.